The largest absolute Gasteiger partial charge is 0.468 e. The SMILES string of the molecule is CCCNC(CC1CCCc2ccccc21)c1ccco1. The Labute approximate surface area is 127 Å². The van der Waals surface area contributed by atoms with E-state index in [4.69, 9.17) is 4.42 Å². The van der Waals surface area contributed by atoms with Crippen molar-refractivity contribution in [3.63, 3.8) is 0 Å². The second kappa shape index (κ2) is 6.95. The first kappa shape index (κ1) is 14.4. The normalized spacial score (nSPS) is 19.2. The van der Waals surface area contributed by atoms with Gasteiger partial charge in [0.25, 0.3) is 0 Å². The van der Waals surface area contributed by atoms with Gasteiger partial charge in [-0.3, -0.25) is 0 Å². The zero-order valence-electron chi connectivity index (χ0n) is 12.8. The number of nitrogens with one attached hydrogen (secondary N) is 1. The second-order valence-corrected chi connectivity index (χ2v) is 6.05. The van der Waals surface area contributed by atoms with Crippen molar-refractivity contribution in [3.8, 4) is 0 Å². The van der Waals surface area contributed by atoms with Crippen LogP contribution in [0.15, 0.2) is 47.1 Å². The molecule has 0 amide bonds. The highest BCUT2D eigenvalue weighted by Crippen LogP contribution is 2.37. The van der Waals surface area contributed by atoms with E-state index in [9.17, 15) is 0 Å². The van der Waals surface area contributed by atoms with Crippen molar-refractivity contribution < 1.29 is 4.42 Å². The molecule has 21 heavy (non-hydrogen) atoms. The summed E-state index contributed by atoms with van der Waals surface area (Å²) in [7, 11) is 0. The Morgan fingerprint density at radius 3 is 2.95 bits per heavy atom. The number of aryl methyl sites for hydroxylation is 1. The monoisotopic (exact) mass is 283 g/mol. The predicted octanol–water partition coefficient (Wildman–Crippen LogP) is 4.83. The highest BCUT2D eigenvalue weighted by molar-refractivity contribution is 5.33. The molecule has 0 saturated carbocycles. The van der Waals surface area contributed by atoms with Crippen LogP contribution in [0.25, 0.3) is 0 Å². The summed E-state index contributed by atoms with van der Waals surface area (Å²) in [5.41, 5.74) is 3.10. The molecular weight excluding hydrogens is 258 g/mol. The molecule has 1 aromatic carbocycles. The van der Waals surface area contributed by atoms with Crippen LogP contribution in [-0.2, 0) is 6.42 Å². The van der Waals surface area contributed by atoms with Crippen molar-refractivity contribution in [2.45, 2.75) is 51.0 Å². The highest BCUT2D eigenvalue weighted by atomic mass is 16.3. The Hall–Kier alpha value is -1.54. The molecule has 0 aliphatic heterocycles. The molecule has 1 aliphatic rings. The molecule has 1 N–H and O–H groups in total. The molecule has 0 spiro atoms. The highest BCUT2D eigenvalue weighted by Gasteiger charge is 2.24. The maximum Gasteiger partial charge on any atom is 0.120 e. The average Bonchev–Trinajstić information content (AvgIpc) is 3.06. The minimum atomic E-state index is 0.330. The fourth-order valence-electron chi connectivity index (χ4n) is 3.49. The Kier molecular flexibility index (Phi) is 4.76. The maximum atomic E-state index is 5.66. The number of furan rings is 1. The fraction of sp³-hybridized carbons (Fsp3) is 0.474. The van der Waals surface area contributed by atoms with E-state index in [-0.39, 0.29) is 0 Å². The molecule has 1 heterocycles. The standard InChI is InChI=1S/C19H25NO/c1-2-12-20-18(19-11-6-13-21-19)14-16-9-5-8-15-7-3-4-10-17(15)16/h3-4,6-7,10-11,13,16,18,20H,2,5,8-9,12,14H2,1H3. The lowest BCUT2D eigenvalue weighted by Gasteiger charge is -2.28. The van der Waals surface area contributed by atoms with E-state index in [1.165, 1.54) is 19.3 Å². The third-order valence-corrected chi connectivity index (χ3v) is 4.54. The molecule has 0 saturated heterocycles. The van der Waals surface area contributed by atoms with E-state index in [1.807, 2.05) is 6.07 Å². The van der Waals surface area contributed by atoms with Crippen LogP contribution in [0.3, 0.4) is 0 Å². The van der Waals surface area contributed by atoms with Crippen molar-refractivity contribution in [2.24, 2.45) is 0 Å². The van der Waals surface area contributed by atoms with Gasteiger partial charge < -0.3 is 9.73 Å². The smallest absolute Gasteiger partial charge is 0.120 e. The van der Waals surface area contributed by atoms with E-state index in [1.54, 1.807) is 17.4 Å². The van der Waals surface area contributed by atoms with Gasteiger partial charge in [0.2, 0.25) is 0 Å². The van der Waals surface area contributed by atoms with Crippen LogP contribution in [0, 0.1) is 0 Å². The van der Waals surface area contributed by atoms with Crippen LogP contribution < -0.4 is 5.32 Å². The summed E-state index contributed by atoms with van der Waals surface area (Å²) >= 11 is 0. The van der Waals surface area contributed by atoms with E-state index >= 15 is 0 Å². The molecule has 1 aliphatic carbocycles. The van der Waals surface area contributed by atoms with Gasteiger partial charge in [-0.1, -0.05) is 31.2 Å². The van der Waals surface area contributed by atoms with Crippen molar-refractivity contribution in [2.75, 3.05) is 6.54 Å². The first-order valence-corrected chi connectivity index (χ1v) is 8.23. The minimum Gasteiger partial charge on any atom is -0.468 e. The van der Waals surface area contributed by atoms with Crippen LogP contribution >= 0.6 is 0 Å². The van der Waals surface area contributed by atoms with E-state index in [2.05, 4.69) is 42.6 Å². The van der Waals surface area contributed by atoms with Crippen molar-refractivity contribution in [3.05, 3.63) is 59.5 Å². The minimum absolute atomic E-state index is 0.330. The van der Waals surface area contributed by atoms with Gasteiger partial charge in [0.1, 0.15) is 5.76 Å². The van der Waals surface area contributed by atoms with Crippen LogP contribution in [0.1, 0.15) is 61.5 Å². The molecule has 112 valence electrons. The summed E-state index contributed by atoms with van der Waals surface area (Å²) < 4.78 is 5.66. The van der Waals surface area contributed by atoms with E-state index in [0.717, 1.165) is 25.1 Å². The van der Waals surface area contributed by atoms with Crippen molar-refractivity contribution in [1.29, 1.82) is 0 Å². The van der Waals surface area contributed by atoms with Crippen LogP contribution in [0.5, 0.6) is 0 Å². The summed E-state index contributed by atoms with van der Waals surface area (Å²) in [6.45, 7) is 3.25. The molecule has 0 bridgehead atoms. The van der Waals surface area contributed by atoms with Gasteiger partial charge in [0.05, 0.1) is 12.3 Å². The predicted molar refractivity (Wildman–Crippen MR) is 86.5 cm³/mol. The zero-order valence-corrected chi connectivity index (χ0v) is 12.8. The van der Waals surface area contributed by atoms with E-state index in [0.29, 0.717) is 12.0 Å². The number of fused-ring (bicyclic) bond motifs is 1. The van der Waals surface area contributed by atoms with E-state index < -0.39 is 0 Å². The molecule has 2 atom stereocenters. The summed E-state index contributed by atoms with van der Waals surface area (Å²) in [6, 6.07) is 13.4. The molecular formula is C19H25NO. The average molecular weight is 283 g/mol. The number of hydrogen-bond donors (Lipinski definition) is 1. The maximum absolute atomic E-state index is 5.66. The summed E-state index contributed by atoms with van der Waals surface area (Å²) in [4.78, 5) is 0. The third-order valence-electron chi connectivity index (χ3n) is 4.54. The Bertz CT molecular complexity index is 546. The van der Waals surface area contributed by atoms with Crippen molar-refractivity contribution >= 4 is 0 Å². The Balaban J connectivity index is 1.77. The van der Waals surface area contributed by atoms with Crippen LogP contribution in [-0.4, -0.2) is 6.54 Å². The van der Waals surface area contributed by atoms with Gasteiger partial charge in [-0.25, -0.2) is 0 Å². The molecule has 2 heteroatoms. The molecule has 2 aromatic rings. The van der Waals surface area contributed by atoms with Gasteiger partial charge in [0.15, 0.2) is 0 Å². The van der Waals surface area contributed by atoms with Gasteiger partial charge >= 0.3 is 0 Å². The lowest BCUT2D eigenvalue weighted by molar-refractivity contribution is 0.360. The molecule has 0 radical (unpaired) electrons. The summed E-state index contributed by atoms with van der Waals surface area (Å²) in [5, 5.41) is 3.66. The molecule has 3 rings (SSSR count). The third kappa shape index (κ3) is 3.38. The fourth-order valence-corrected chi connectivity index (χ4v) is 3.49. The molecule has 2 unspecified atom stereocenters. The molecule has 2 nitrogen and oxygen atoms in total. The second-order valence-electron chi connectivity index (χ2n) is 6.05. The first-order valence-electron chi connectivity index (χ1n) is 8.23. The lowest BCUT2D eigenvalue weighted by Crippen LogP contribution is -2.25. The van der Waals surface area contributed by atoms with Gasteiger partial charge in [-0.05, 0) is 67.8 Å². The van der Waals surface area contributed by atoms with Crippen LogP contribution in [0.4, 0.5) is 0 Å². The number of hydrogen-bond acceptors (Lipinski definition) is 2. The zero-order chi connectivity index (χ0) is 14.5. The molecule has 1 aromatic heterocycles. The van der Waals surface area contributed by atoms with Gasteiger partial charge in [0, 0.05) is 0 Å². The first-order chi connectivity index (χ1) is 10.4. The Morgan fingerprint density at radius 1 is 1.24 bits per heavy atom. The van der Waals surface area contributed by atoms with Gasteiger partial charge in [-0.2, -0.15) is 0 Å². The van der Waals surface area contributed by atoms with Gasteiger partial charge in [-0.15, -0.1) is 0 Å². The summed E-state index contributed by atoms with van der Waals surface area (Å²) in [5.74, 6) is 1.72. The van der Waals surface area contributed by atoms with Crippen molar-refractivity contribution in [1.82, 2.24) is 5.32 Å². The Morgan fingerprint density at radius 2 is 2.14 bits per heavy atom. The topological polar surface area (TPSA) is 25.2 Å². The number of rotatable bonds is 6. The quantitative estimate of drug-likeness (QED) is 0.821. The van der Waals surface area contributed by atoms with Crippen LogP contribution in [0.2, 0.25) is 0 Å². The number of benzene rings is 1. The molecule has 0 fully saturated rings. The lowest BCUT2D eigenvalue weighted by atomic mass is 9.79. The summed E-state index contributed by atoms with van der Waals surface area (Å²) in [6.07, 6.45) is 7.90.